The maximum atomic E-state index is 13.2. The molecule has 1 atom stereocenters. The van der Waals surface area contributed by atoms with Crippen LogP contribution in [0.5, 0.6) is 0 Å². The zero-order chi connectivity index (χ0) is 19.4. The van der Waals surface area contributed by atoms with Gasteiger partial charge < -0.3 is 11.1 Å². The molecule has 1 aromatic rings. The van der Waals surface area contributed by atoms with Gasteiger partial charge in [0.1, 0.15) is 0 Å². The van der Waals surface area contributed by atoms with Crippen LogP contribution >= 0.6 is 11.6 Å². The molecule has 1 amide bonds. The highest BCUT2D eigenvalue weighted by atomic mass is 35.5. The van der Waals surface area contributed by atoms with Gasteiger partial charge in [-0.1, -0.05) is 36.9 Å². The Hall–Kier alpha value is -1.15. The van der Waals surface area contributed by atoms with E-state index in [0.717, 1.165) is 25.7 Å². The molecule has 150 valence electrons. The summed E-state index contributed by atoms with van der Waals surface area (Å²) in [5, 5.41) is 3.48. The summed E-state index contributed by atoms with van der Waals surface area (Å²) < 4.78 is 27.7. The quantitative estimate of drug-likeness (QED) is 0.776. The first-order valence-electron chi connectivity index (χ1n) is 9.71. The Morgan fingerprint density at radius 2 is 1.93 bits per heavy atom. The molecule has 0 spiro atoms. The maximum absolute atomic E-state index is 13.2. The Balaban J connectivity index is 1.73. The molecule has 1 heterocycles. The molecule has 0 radical (unpaired) electrons. The summed E-state index contributed by atoms with van der Waals surface area (Å²) in [6, 6.07) is 5.02. The lowest BCUT2D eigenvalue weighted by atomic mass is 9.93. The van der Waals surface area contributed by atoms with Crippen molar-refractivity contribution >= 4 is 27.5 Å². The van der Waals surface area contributed by atoms with Crippen LogP contribution in [-0.4, -0.2) is 37.8 Å². The van der Waals surface area contributed by atoms with Gasteiger partial charge in [-0.3, -0.25) is 4.79 Å². The van der Waals surface area contributed by atoms with Gasteiger partial charge in [0, 0.05) is 36.3 Å². The summed E-state index contributed by atoms with van der Waals surface area (Å²) in [5.74, 6) is -0.331. The summed E-state index contributed by atoms with van der Waals surface area (Å²) in [6.45, 7) is 0.664. The number of carbonyl (C=O) groups excluding carboxylic acids is 1. The van der Waals surface area contributed by atoms with Crippen molar-refractivity contribution in [2.75, 3.05) is 13.1 Å². The van der Waals surface area contributed by atoms with E-state index in [2.05, 4.69) is 5.32 Å². The highest BCUT2D eigenvalue weighted by molar-refractivity contribution is 7.89. The SMILES string of the molecule is NCc1c(Cl)cccc1S(=O)(=O)N1CCCC(C(=O)NC2CCCCC2)C1. The van der Waals surface area contributed by atoms with Crippen LogP contribution in [0.1, 0.15) is 50.5 Å². The van der Waals surface area contributed by atoms with Crippen molar-refractivity contribution in [3.63, 3.8) is 0 Å². The van der Waals surface area contributed by atoms with E-state index in [4.69, 9.17) is 17.3 Å². The minimum atomic E-state index is -3.74. The minimum Gasteiger partial charge on any atom is -0.353 e. The molecule has 3 rings (SSSR count). The van der Waals surface area contributed by atoms with Crippen molar-refractivity contribution in [3.05, 3.63) is 28.8 Å². The summed E-state index contributed by atoms with van der Waals surface area (Å²) in [6.07, 6.45) is 6.93. The second-order valence-corrected chi connectivity index (χ2v) is 9.78. The van der Waals surface area contributed by atoms with E-state index < -0.39 is 10.0 Å². The van der Waals surface area contributed by atoms with Crippen LogP contribution in [0.15, 0.2) is 23.1 Å². The predicted molar refractivity (Wildman–Crippen MR) is 106 cm³/mol. The highest BCUT2D eigenvalue weighted by Crippen LogP contribution is 2.29. The van der Waals surface area contributed by atoms with Gasteiger partial charge in [0.2, 0.25) is 15.9 Å². The molecule has 2 fully saturated rings. The molecular formula is C19H28ClN3O3S. The van der Waals surface area contributed by atoms with Gasteiger partial charge in [-0.2, -0.15) is 4.31 Å². The fourth-order valence-corrected chi connectivity index (χ4v) is 6.15. The zero-order valence-electron chi connectivity index (χ0n) is 15.5. The van der Waals surface area contributed by atoms with Crippen molar-refractivity contribution in [2.24, 2.45) is 11.7 Å². The van der Waals surface area contributed by atoms with Gasteiger partial charge in [0.25, 0.3) is 0 Å². The predicted octanol–water partition coefficient (Wildman–Crippen LogP) is 2.65. The molecule has 0 bridgehead atoms. The fourth-order valence-electron chi connectivity index (χ4n) is 4.06. The molecule has 0 aromatic heterocycles. The summed E-state index contributed by atoms with van der Waals surface area (Å²) in [7, 11) is -3.74. The third-order valence-electron chi connectivity index (χ3n) is 5.60. The van der Waals surface area contributed by atoms with Crippen LogP contribution in [0.3, 0.4) is 0 Å². The number of hydrogen-bond donors (Lipinski definition) is 2. The van der Waals surface area contributed by atoms with Gasteiger partial charge in [-0.25, -0.2) is 8.42 Å². The zero-order valence-corrected chi connectivity index (χ0v) is 17.1. The van der Waals surface area contributed by atoms with E-state index in [0.29, 0.717) is 30.0 Å². The molecule has 8 heteroatoms. The van der Waals surface area contributed by atoms with E-state index in [1.165, 1.54) is 16.8 Å². The first-order chi connectivity index (χ1) is 12.9. The fraction of sp³-hybridized carbons (Fsp3) is 0.632. The van der Waals surface area contributed by atoms with Gasteiger partial charge in [-0.05, 0) is 37.8 Å². The summed E-state index contributed by atoms with van der Waals surface area (Å²) in [5.41, 5.74) is 6.15. The highest BCUT2D eigenvalue weighted by Gasteiger charge is 2.35. The lowest BCUT2D eigenvalue weighted by Gasteiger charge is -2.33. The monoisotopic (exact) mass is 413 g/mol. The molecule has 27 heavy (non-hydrogen) atoms. The Morgan fingerprint density at radius 1 is 1.19 bits per heavy atom. The third kappa shape index (κ3) is 4.65. The molecule has 1 aromatic carbocycles. The number of nitrogens with zero attached hydrogens (tertiary/aromatic N) is 1. The van der Waals surface area contributed by atoms with E-state index in [1.807, 2.05) is 0 Å². The lowest BCUT2D eigenvalue weighted by Crippen LogP contribution is -2.48. The number of nitrogens with two attached hydrogens (primary N) is 1. The van der Waals surface area contributed by atoms with Crippen molar-refractivity contribution in [1.82, 2.24) is 9.62 Å². The van der Waals surface area contributed by atoms with Crippen molar-refractivity contribution in [3.8, 4) is 0 Å². The topological polar surface area (TPSA) is 92.5 Å². The van der Waals surface area contributed by atoms with Crippen molar-refractivity contribution < 1.29 is 13.2 Å². The largest absolute Gasteiger partial charge is 0.353 e. The maximum Gasteiger partial charge on any atom is 0.243 e. The standard InChI is InChI=1S/C19H28ClN3O3S/c20-17-9-4-10-18(16(17)12-21)27(25,26)23-11-5-6-14(13-23)19(24)22-15-7-2-1-3-8-15/h4,9-10,14-15H,1-3,5-8,11-13,21H2,(H,22,24). The van der Waals surface area contributed by atoms with Crippen LogP contribution in [0.2, 0.25) is 5.02 Å². The van der Waals surface area contributed by atoms with Gasteiger partial charge in [-0.15, -0.1) is 0 Å². The number of carbonyl (C=O) groups is 1. The Morgan fingerprint density at radius 3 is 2.63 bits per heavy atom. The molecule has 6 nitrogen and oxygen atoms in total. The number of rotatable bonds is 5. The summed E-state index contributed by atoms with van der Waals surface area (Å²) >= 11 is 6.13. The lowest BCUT2D eigenvalue weighted by molar-refractivity contribution is -0.127. The normalized spacial score (nSPS) is 22.5. The van der Waals surface area contributed by atoms with Gasteiger partial charge in [0.15, 0.2) is 0 Å². The molecule has 1 aliphatic heterocycles. The Labute approximate surface area is 166 Å². The Kier molecular flexibility index (Phi) is 6.78. The number of sulfonamides is 1. The molecule has 1 unspecified atom stereocenters. The van der Waals surface area contributed by atoms with E-state index in [9.17, 15) is 13.2 Å². The molecule has 1 aliphatic carbocycles. The van der Waals surface area contributed by atoms with Crippen molar-refractivity contribution in [2.45, 2.75) is 62.4 Å². The first kappa shape index (κ1) is 20.6. The first-order valence-corrected chi connectivity index (χ1v) is 11.5. The third-order valence-corrected chi connectivity index (χ3v) is 7.91. The number of hydrogen-bond acceptors (Lipinski definition) is 4. The molecule has 2 aliphatic rings. The molecule has 3 N–H and O–H groups in total. The second-order valence-electron chi connectivity index (χ2n) is 7.47. The average Bonchev–Trinajstić information content (AvgIpc) is 2.68. The van der Waals surface area contributed by atoms with Crippen LogP contribution in [0.25, 0.3) is 0 Å². The van der Waals surface area contributed by atoms with E-state index >= 15 is 0 Å². The van der Waals surface area contributed by atoms with Crippen molar-refractivity contribution in [1.29, 1.82) is 0 Å². The van der Waals surface area contributed by atoms with Gasteiger partial charge >= 0.3 is 0 Å². The number of halogens is 1. The average molecular weight is 414 g/mol. The Bertz CT molecular complexity index is 778. The van der Waals surface area contributed by atoms with Gasteiger partial charge in [0.05, 0.1) is 10.8 Å². The molecule has 1 saturated carbocycles. The number of nitrogens with one attached hydrogen (secondary N) is 1. The van der Waals surface area contributed by atoms with Crippen LogP contribution in [0.4, 0.5) is 0 Å². The minimum absolute atomic E-state index is 0.0213. The van der Waals surface area contributed by atoms with Crippen LogP contribution in [0, 0.1) is 5.92 Å². The molecular weight excluding hydrogens is 386 g/mol. The smallest absolute Gasteiger partial charge is 0.243 e. The van der Waals surface area contributed by atoms with E-state index in [-0.39, 0.29) is 35.9 Å². The second kappa shape index (κ2) is 8.90. The number of benzene rings is 1. The molecule has 1 saturated heterocycles. The van der Waals surface area contributed by atoms with Crippen LogP contribution in [-0.2, 0) is 21.4 Å². The van der Waals surface area contributed by atoms with E-state index in [1.54, 1.807) is 12.1 Å². The number of piperidine rings is 1. The number of amides is 1. The summed E-state index contributed by atoms with van der Waals surface area (Å²) in [4.78, 5) is 12.8. The van der Waals surface area contributed by atoms with Crippen LogP contribution < -0.4 is 11.1 Å².